The van der Waals surface area contributed by atoms with Crippen LogP contribution in [0.4, 0.5) is 5.69 Å². The molecule has 1 aromatic heterocycles. The Kier molecular flexibility index (Phi) is 6.88. The minimum atomic E-state index is -3.62. The van der Waals surface area contributed by atoms with Crippen LogP contribution in [-0.4, -0.2) is 49.6 Å². The topological polar surface area (TPSA) is 96.3 Å². The van der Waals surface area contributed by atoms with Gasteiger partial charge in [-0.3, -0.25) is 9.52 Å². The Morgan fingerprint density at radius 2 is 1.50 bits per heavy atom. The second kappa shape index (κ2) is 10.3. The van der Waals surface area contributed by atoms with Gasteiger partial charge in [-0.05, 0) is 57.9 Å². The molecule has 38 heavy (non-hydrogen) atoms. The van der Waals surface area contributed by atoms with Gasteiger partial charge in [0, 0.05) is 45.2 Å². The molecule has 194 valence electrons. The van der Waals surface area contributed by atoms with Crippen molar-refractivity contribution in [3.63, 3.8) is 0 Å². The van der Waals surface area contributed by atoms with E-state index in [0.717, 1.165) is 48.5 Å². The van der Waals surface area contributed by atoms with Crippen LogP contribution in [0.2, 0.25) is 0 Å². The van der Waals surface area contributed by atoms with Gasteiger partial charge in [-0.15, -0.1) is 0 Å². The normalized spacial score (nSPS) is 11.8. The van der Waals surface area contributed by atoms with Crippen molar-refractivity contribution in [1.29, 1.82) is 0 Å². The lowest BCUT2D eigenvalue weighted by molar-refractivity contribution is -0.120. The van der Waals surface area contributed by atoms with Gasteiger partial charge >= 0.3 is 10.2 Å². The molecule has 0 unspecified atom stereocenters. The van der Waals surface area contributed by atoms with Crippen molar-refractivity contribution >= 4 is 43.3 Å². The number of fused-ring (bicyclic) bond motifs is 2. The van der Waals surface area contributed by atoms with Gasteiger partial charge in [-0.1, -0.05) is 48.5 Å². The zero-order valence-electron chi connectivity index (χ0n) is 21.5. The fourth-order valence-corrected chi connectivity index (χ4v) is 5.11. The highest BCUT2D eigenvalue weighted by Gasteiger charge is 2.18. The standard InChI is InChI=1S/C29H29N5O3S/c1-30-28(35)17-14-23-19-27(29-25-10-6-4-8-20(25)18-21-9-5-7-11-26(21)29)34(31-23)24-15-12-22(13-16-24)32-38(36,37)33(2)3/h4-13,15-16,18-19,32H,14,17H2,1-3H3,(H,30,35). The highest BCUT2D eigenvalue weighted by atomic mass is 32.2. The number of benzene rings is 4. The molecule has 9 heteroatoms. The number of nitrogens with one attached hydrogen (secondary N) is 2. The molecule has 1 amide bonds. The summed E-state index contributed by atoms with van der Waals surface area (Å²) < 4.78 is 30.1. The molecule has 0 radical (unpaired) electrons. The average molecular weight is 528 g/mol. The van der Waals surface area contributed by atoms with Gasteiger partial charge in [-0.2, -0.15) is 17.8 Å². The molecule has 1 heterocycles. The van der Waals surface area contributed by atoms with E-state index in [-0.39, 0.29) is 5.91 Å². The number of hydrogen-bond acceptors (Lipinski definition) is 4. The van der Waals surface area contributed by atoms with Crippen LogP contribution in [0.25, 0.3) is 38.5 Å². The first kappa shape index (κ1) is 25.4. The summed E-state index contributed by atoms with van der Waals surface area (Å²) in [5.41, 5.74) is 3.96. The lowest BCUT2D eigenvalue weighted by Gasteiger charge is -2.15. The summed E-state index contributed by atoms with van der Waals surface area (Å²) in [6.07, 6.45) is 0.817. The number of carbonyl (C=O) groups is 1. The molecule has 8 nitrogen and oxygen atoms in total. The predicted molar refractivity (Wildman–Crippen MR) is 153 cm³/mol. The second-order valence-electron chi connectivity index (χ2n) is 9.24. The summed E-state index contributed by atoms with van der Waals surface area (Å²) in [6, 6.07) is 27.9. The number of anilines is 1. The van der Waals surface area contributed by atoms with Crippen LogP contribution < -0.4 is 10.0 Å². The van der Waals surface area contributed by atoms with E-state index in [4.69, 9.17) is 5.10 Å². The predicted octanol–water partition coefficient (Wildman–Crippen LogP) is 4.74. The Morgan fingerprint density at radius 3 is 2.08 bits per heavy atom. The SMILES string of the molecule is CNC(=O)CCc1cc(-c2c3ccccc3cc3ccccc23)n(-c2ccc(NS(=O)(=O)N(C)C)cc2)n1. The maximum atomic E-state index is 12.3. The van der Waals surface area contributed by atoms with Crippen LogP contribution in [-0.2, 0) is 21.4 Å². The van der Waals surface area contributed by atoms with E-state index in [1.165, 1.54) is 14.1 Å². The van der Waals surface area contributed by atoms with E-state index in [1.807, 2.05) is 47.1 Å². The molecule has 0 fully saturated rings. The summed E-state index contributed by atoms with van der Waals surface area (Å²) in [7, 11) is 0.954. The maximum absolute atomic E-state index is 12.3. The molecular weight excluding hydrogens is 498 g/mol. The third-order valence-corrected chi connectivity index (χ3v) is 7.97. The minimum Gasteiger partial charge on any atom is -0.359 e. The molecule has 0 aliphatic carbocycles. The van der Waals surface area contributed by atoms with Gasteiger partial charge in [0.25, 0.3) is 0 Å². The molecule has 0 spiro atoms. The molecule has 5 aromatic rings. The Hall–Kier alpha value is -4.21. The van der Waals surface area contributed by atoms with Gasteiger partial charge in [-0.25, -0.2) is 4.68 Å². The molecule has 4 aromatic carbocycles. The lowest BCUT2D eigenvalue weighted by Crippen LogP contribution is -2.28. The first-order chi connectivity index (χ1) is 18.3. The Morgan fingerprint density at radius 1 is 0.895 bits per heavy atom. The molecular formula is C29H29N5O3S. The van der Waals surface area contributed by atoms with Crippen LogP contribution in [0, 0.1) is 0 Å². The van der Waals surface area contributed by atoms with Crippen LogP contribution in [0.3, 0.4) is 0 Å². The Balaban J connectivity index is 1.68. The van der Waals surface area contributed by atoms with Gasteiger partial charge in [0.1, 0.15) is 0 Å². The number of amides is 1. The van der Waals surface area contributed by atoms with E-state index < -0.39 is 10.2 Å². The van der Waals surface area contributed by atoms with Crippen molar-refractivity contribution in [1.82, 2.24) is 19.4 Å². The smallest absolute Gasteiger partial charge is 0.301 e. The van der Waals surface area contributed by atoms with Crippen molar-refractivity contribution < 1.29 is 13.2 Å². The van der Waals surface area contributed by atoms with E-state index in [1.54, 1.807) is 19.2 Å². The van der Waals surface area contributed by atoms with E-state index >= 15 is 0 Å². The van der Waals surface area contributed by atoms with Crippen molar-refractivity contribution in [2.45, 2.75) is 12.8 Å². The number of nitrogens with zero attached hydrogens (tertiary/aromatic N) is 3. The molecule has 0 aliphatic rings. The summed E-state index contributed by atoms with van der Waals surface area (Å²) >= 11 is 0. The zero-order chi connectivity index (χ0) is 26.9. The summed E-state index contributed by atoms with van der Waals surface area (Å²) in [5, 5.41) is 12.0. The number of hydrogen-bond donors (Lipinski definition) is 2. The van der Waals surface area contributed by atoms with Crippen LogP contribution >= 0.6 is 0 Å². The summed E-state index contributed by atoms with van der Waals surface area (Å²) in [4.78, 5) is 12.0. The van der Waals surface area contributed by atoms with E-state index in [2.05, 4.69) is 40.4 Å². The molecule has 0 aliphatic heterocycles. The van der Waals surface area contributed by atoms with Crippen LogP contribution in [0.15, 0.2) is 84.9 Å². The minimum absolute atomic E-state index is 0.0470. The Labute approximate surface area is 222 Å². The van der Waals surface area contributed by atoms with Crippen molar-refractivity contribution in [3.8, 4) is 16.9 Å². The molecule has 0 bridgehead atoms. The number of aryl methyl sites for hydroxylation is 1. The number of rotatable bonds is 8. The third-order valence-electron chi connectivity index (χ3n) is 6.51. The molecule has 2 N–H and O–H groups in total. The molecule has 0 saturated carbocycles. The quantitative estimate of drug-likeness (QED) is 0.285. The second-order valence-corrected chi connectivity index (χ2v) is 11.1. The zero-order valence-corrected chi connectivity index (χ0v) is 22.3. The number of aromatic nitrogens is 2. The lowest BCUT2D eigenvalue weighted by atomic mass is 9.94. The maximum Gasteiger partial charge on any atom is 0.301 e. The van der Waals surface area contributed by atoms with Crippen LogP contribution in [0.1, 0.15) is 12.1 Å². The van der Waals surface area contributed by atoms with Gasteiger partial charge in [0.15, 0.2) is 0 Å². The Bertz CT molecular complexity index is 1690. The first-order valence-electron chi connectivity index (χ1n) is 12.3. The largest absolute Gasteiger partial charge is 0.359 e. The third kappa shape index (κ3) is 4.98. The highest BCUT2D eigenvalue weighted by molar-refractivity contribution is 7.90. The molecule has 0 atom stereocenters. The summed E-state index contributed by atoms with van der Waals surface area (Å²) in [6.45, 7) is 0. The summed E-state index contributed by atoms with van der Waals surface area (Å²) in [5.74, 6) is -0.0470. The van der Waals surface area contributed by atoms with Gasteiger partial charge in [0.2, 0.25) is 5.91 Å². The number of carbonyl (C=O) groups excluding carboxylic acids is 1. The van der Waals surface area contributed by atoms with Gasteiger partial charge < -0.3 is 5.32 Å². The fourth-order valence-electron chi connectivity index (χ4n) is 4.49. The molecule has 0 saturated heterocycles. The van der Waals surface area contributed by atoms with Crippen molar-refractivity contribution in [2.75, 3.05) is 25.9 Å². The van der Waals surface area contributed by atoms with Crippen molar-refractivity contribution in [3.05, 3.63) is 90.6 Å². The van der Waals surface area contributed by atoms with E-state index in [9.17, 15) is 13.2 Å². The highest BCUT2D eigenvalue weighted by Crippen LogP contribution is 2.38. The van der Waals surface area contributed by atoms with E-state index in [0.29, 0.717) is 18.5 Å². The average Bonchev–Trinajstić information content (AvgIpc) is 3.34. The van der Waals surface area contributed by atoms with Gasteiger partial charge in [0.05, 0.1) is 17.1 Å². The fraction of sp³-hybridized carbons (Fsp3) is 0.172. The first-order valence-corrected chi connectivity index (χ1v) is 13.7. The van der Waals surface area contributed by atoms with Crippen molar-refractivity contribution in [2.24, 2.45) is 0 Å². The monoisotopic (exact) mass is 527 g/mol. The van der Waals surface area contributed by atoms with Crippen LogP contribution in [0.5, 0.6) is 0 Å². The molecule has 5 rings (SSSR count).